The molecule has 25 nitrogen and oxygen atoms in total. The number of thioether (sulfide) groups is 1. The van der Waals surface area contributed by atoms with E-state index in [0.29, 0.717) is 18.6 Å². The number of carbonyl (C=O) groups is 12. The molecule has 526 valence electrons. The number of nitrogens with one attached hydrogen (secondary N) is 4. The summed E-state index contributed by atoms with van der Waals surface area (Å²) in [4.78, 5) is 182. The fourth-order valence-corrected chi connectivity index (χ4v) is 11.9. The van der Waals surface area contributed by atoms with Gasteiger partial charge in [0.2, 0.25) is 65.0 Å². The van der Waals surface area contributed by atoms with Gasteiger partial charge in [-0.05, 0) is 108 Å². The van der Waals surface area contributed by atoms with E-state index >= 15 is 14.4 Å². The Morgan fingerprint density at radius 3 is 1.52 bits per heavy atom. The van der Waals surface area contributed by atoms with Crippen LogP contribution in [0.1, 0.15) is 163 Å². The van der Waals surface area contributed by atoms with Crippen LogP contribution in [0.25, 0.3) is 0 Å². The summed E-state index contributed by atoms with van der Waals surface area (Å²) in [6.07, 6.45) is 2.78. The van der Waals surface area contributed by atoms with Crippen molar-refractivity contribution >= 4 is 81.9 Å². The molecule has 0 aromatic carbocycles. The lowest BCUT2D eigenvalue weighted by atomic mass is 9.91. The number of rotatable bonds is 20. The SMILES string of the molecule is C/C=C/C[C@@H](C)[C@@H](O)[C@H]1C(=O)N[C@@H](CC)C(=O)N(C)CC(=O)N(C)[C@@H]([C@@H](C)OCCCCSC(C)=O)C(=O)N[C@@H](C(C)C)C(=O)N(C)[C@@H](CC(C)C)C(=O)N[C@@H](C)C(=O)N[C@H](C)C(=O)N(C)[C@@H](CC(C)C)C(=O)N(C)[C@@H](CC(C)C)C(=O)N(C)[C@@H](C(C)C)C(=O)N1C. The summed E-state index contributed by atoms with van der Waals surface area (Å²) in [7, 11) is 9.75. The first-order valence-electron chi connectivity index (χ1n) is 32.7. The van der Waals surface area contributed by atoms with Crippen molar-refractivity contribution in [1.82, 2.24) is 55.6 Å². The summed E-state index contributed by atoms with van der Waals surface area (Å²) in [5, 5.41) is 23.1. The number of likely N-dealkylation sites (N-methyl/N-ethyl adjacent to an activating group) is 7. The number of allylic oxidation sites excluding steroid dienone is 2. The molecule has 0 unspecified atom stereocenters. The molecule has 1 aliphatic heterocycles. The van der Waals surface area contributed by atoms with Gasteiger partial charge in [-0.2, -0.15) is 0 Å². The van der Waals surface area contributed by atoms with Crippen LogP contribution in [0.2, 0.25) is 0 Å². The Hall–Kier alpha value is -6.15. The molecular weight excluding hydrogens is 1200 g/mol. The van der Waals surface area contributed by atoms with E-state index < -0.39 is 162 Å². The number of hydrogen-bond acceptors (Lipinski definition) is 15. The molecule has 11 amide bonds. The van der Waals surface area contributed by atoms with Gasteiger partial charge in [0.1, 0.15) is 60.4 Å². The van der Waals surface area contributed by atoms with Gasteiger partial charge >= 0.3 is 0 Å². The van der Waals surface area contributed by atoms with Crippen LogP contribution in [0.15, 0.2) is 12.2 Å². The first-order chi connectivity index (χ1) is 42.6. The summed E-state index contributed by atoms with van der Waals surface area (Å²) < 4.78 is 6.19. The van der Waals surface area contributed by atoms with Gasteiger partial charge in [0.15, 0.2) is 5.12 Å². The van der Waals surface area contributed by atoms with Crippen LogP contribution in [-0.4, -0.2) is 250 Å². The van der Waals surface area contributed by atoms with Crippen LogP contribution in [0.3, 0.4) is 0 Å². The number of carbonyl (C=O) groups excluding carboxylic acids is 12. The van der Waals surface area contributed by atoms with Gasteiger partial charge in [-0.3, -0.25) is 57.5 Å². The molecule has 13 atom stereocenters. The number of unbranched alkanes of at least 4 members (excludes halogenated alkanes) is 1. The minimum atomic E-state index is -1.64. The molecule has 0 radical (unpaired) electrons. The number of ether oxygens (including phenoxy) is 1. The standard InChI is InChI=1S/C66H117N11O14S/c1-25-27-30-42(13)56(80)55-60(84)69-47(26-2)62(86)71(18)36-51(79)75(22)54(45(16)91-31-28-29-32-92-46(17)78)59(83)70-52(40(9)10)65(89)72(19)48(33-37(3)4)58(82)67-43(14)57(81)68-44(15)61(85)73(20)49(34-38(5)6)63(87)74(21)50(35-39(7)8)64(88)76(23)53(41(11)12)66(90)77(55)24/h25,27,37-45,47-50,52-56,80H,26,28-36H2,1-24H3,(H,67,82)(H,68,81)(H,69,84)(H,70,83)/b27-25+/t42-,43+,44-,45-,47+,48+,49+,50+,52+,53+,54+,55+,56-/m1/s1. The maximum absolute atomic E-state index is 15.2. The van der Waals surface area contributed by atoms with Gasteiger partial charge in [-0.1, -0.05) is 107 Å². The zero-order valence-electron chi connectivity index (χ0n) is 59.9. The van der Waals surface area contributed by atoms with Crippen molar-refractivity contribution in [2.45, 2.75) is 235 Å². The Kier molecular flexibility index (Phi) is 36.0. The lowest BCUT2D eigenvalue weighted by Gasteiger charge is -2.41. The molecule has 92 heavy (non-hydrogen) atoms. The molecule has 0 aromatic rings. The summed E-state index contributed by atoms with van der Waals surface area (Å²) in [5.41, 5.74) is 0. The van der Waals surface area contributed by atoms with Gasteiger partial charge in [-0.25, -0.2) is 0 Å². The molecule has 0 aliphatic carbocycles. The van der Waals surface area contributed by atoms with E-state index in [1.165, 1.54) is 89.7 Å². The number of amides is 11. The minimum Gasteiger partial charge on any atom is -0.390 e. The maximum atomic E-state index is 15.2. The zero-order chi connectivity index (χ0) is 71.1. The van der Waals surface area contributed by atoms with E-state index in [4.69, 9.17) is 4.74 Å². The molecule has 26 heteroatoms. The molecule has 1 aliphatic rings. The average molecular weight is 1320 g/mol. The van der Waals surface area contributed by atoms with Gasteiger partial charge in [0.25, 0.3) is 0 Å². The highest BCUT2D eigenvalue weighted by atomic mass is 32.2. The third-order valence-electron chi connectivity index (χ3n) is 17.0. The quantitative estimate of drug-likeness (QED) is 0.0858. The summed E-state index contributed by atoms with van der Waals surface area (Å²) >= 11 is 1.16. The second-order valence-corrected chi connectivity index (χ2v) is 28.3. The number of nitrogens with zero attached hydrogens (tertiary/aromatic N) is 7. The Balaban J connectivity index is 4.38. The highest BCUT2D eigenvalue weighted by Gasteiger charge is 2.46. The predicted octanol–water partition coefficient (Wildman–Crippen LogP) is 3.69. The van der Waals surface area contributed by atoms with Crippen molar-refractivity contribution in [2.24, 2.45) is 35.5 Å². The topological polar surface area (TPSA) is 305 Å². The fourth-order valence-electron chi connectivity index (χ4n) is 11.2. The van der Waals surface area contributed by atoms with Crippen LogP contribution in [-0.2, 0) is 62.3 Å². The first kappa shape index (κ1) is 83.9. The summed E-state index contributed by atoms with van der Waals surface area (Å²) in [6.45, 7) is 28.5. The van der Waals surface area contributed by atoms with Crippen LogP contribution in [0.4, 0.5) is 0 Å². The molecular formula is C66H117N11O14S. The van der Waals surface area contributed by atoms with Crippen LogP contribution >= 0.6 is 11.8 Å². The smallest absolute Gasteiger partial charge is 0.246 e. The molecule has 0 aromatic heterocycles. The van der Waals surface area contributed by atoms with Crippen LogP contribution < -0.4 is 21.3 Å². The van der Waals surface area contributed by atoms with E-state index in [9.17, 15) is 48.3 Å². The lowest BCUT2D eigenvalue weighted by Crippen LogP contribution is -2.63. The highest BCUT2D eigenvalue weighted by Crippen LogP contribution is 2.26. The Morgan fingerprint density at radius 1 is 0.554 bits per heavy atom. The van der Waals surface area contributed by atoms with Crippen molar-refractivity contribution < 1.29 is 67.4 Å². The van der Waals surface area contributed by atoms with E-state index in [-0.39, 0.29) is 61.6 Å². The van der Waals surface area contributed by atoms with E-state index in [2.05, 4.69) is 21.3 Å². The largest absolute Gasteiger partial charge is 0.390 e. The number of hydrogen-bond donors (Lipinski definition) is 5. The molecule has 0 saturated carbocycles. The Morgan fingerprint density at radius 2 is 1.03 bits per heavy atom. The first-order valence-corrected chi connectivity index (χ1v) is 33.7. The molecule has 0 bridgehead atoms. The van der Waals surface area contributed by atoms with Crippen molar-refractivity contribution in [3.63, 3.8) is 0 Å². The van der Waals surface area contributed by atoms with Crippen molar-refractivity contribution in [3.8, 4) is 0 Å². The lowest BCUT2D eigenvalue weighted by molar-refractivity contribution is -0.157. The van der Waals surface area contributed by atoms with Crippen molar-refractivity contribution in [3.05, 3.63) is 12.2 Å². The fraction of sp³-hybridized carbons (Fsp3) is 0.788. The zero-order valence-corrected chi connectivity index (χ0v) is 60.7. The molecule has 5 N–H and O–H groups in total. The predicted molar refractivity (Wildman–Crippen MR) is 357 cm³/mol. The third-order valence-corrected chi connectivity index (χ3v) is 17.9. The second kappa shape index (κ2) is 39.5. The number of aliphatic hydroxyl groups excluding tert-OH is 1. The van der Waals surface area contributed by atoms with Crippen LogP contribution in [0, 0.1) is 35.5 Å². The highest BCUT2D eigenvalue weighted by molar-refractivity contribution is 8.13. The summed E-state index contributed by atoms with van der Waals surface area (Å²) in [5.74, 6) is -9.73. The van der Waals surface area contributed by atoms with Crippen molar-refractivity contribution in [2.75, 3.05) is 68.2 Å². The molecule has 1 saturated heterocycles. The second-order valence-electron chi connectivity index (χ2n) is 27.0. The monoisotopic (exact) mass is 1320 g/mol. The minimum absolute atomic E-state index is 0.0164. The number of aliphatic hydroxyl groups is 1. The Bertz CT molecular complexity index is 2530. The third kappa shape index (κ3) is 24.6. The average Bonchev–Trinajstić information content (AvgIpc) is 0.831. The van der Waals surface area contributed by atoms with Crippen molar-refractivity contribution in [1.29, 1.82) is 0 Å². The molecule has 1 heterocycles. The van der Waals surface area contributed by atoms with Gasteiger partial charge in [-0.15, -0.1) is 0 Å². The Labute approximate surface area is 553 Å². The molecule has 1 fully saturated rings. The normalized spacial score (nSPS) is 26.0. The van der Waals surface area contributed by atoms with Crippen LogP contribution in [0.5, 0.6) is 0 Å². The molecule has 1 rings (SSSR count). The maximum Gasteiger partial charge on any atom is 0.246 e. The summed E-state index contributed by atoms with van der Waals surface area (Å²) in [6, 6.07) is -13.0. The van der Waals surface area contributed by atoms with Gasteiger partial charge in [0.05, 0.1) is 18.8 Å². The van der Waals surface area contributed by atoms with E-state index in [1.807, 2.05) is 41.5 Å². The molecule has 0 spiro atoms. The van der Waals surface area contributed by atoms with Gasteiger partial charge < -0.3 is 65.4 Å². The van der Waals surface area contributed by atoms with E-state index in [0.717, 1.165) is 26.5 Å². The van der Waals surface area contributed by atoms with E-state index in [1.54, 1.807) is 67.5 Å². The van der Waals surface area contributed by atoms with Gasteiger partial charge in [0, 0.05) is 68.6 Å².